The van der Waals surface area contributed by atoms with Gasteiger partial charge in [0.25, 0.3) is 0 Å². The van der Waals surface area contributed by atoms with Crippen molar-refractivity contribution in [2.24, 2.45) is 0 Å². The number of alkyl carbamates (subject to hydrolysis) is 1. The van der Waals surface area contributed by atoms with Gasteiger partial charge >= 0.3 is 18.0 Å². The topological polar surface area (TPSA) is 90.9 Å². The van der Waals surface area contributed by atoms with E-state index in [2.05, 4.69) is 5.32 Å². The van der Waals surface area contributed by atoms with Gasteiger partial charge in [0.1, 0.15) is 11.2 Å². The Morgan fingerprint density at radius 2 is 1.48 bits per heavy atom. The molecule has 0 aromatic carbocycles. The summed E-state index contributed by atoms with van der Waals surface area (Å²) in [5.74, 6) is -1.29. The van der Waals surface area contributed by atoms with E-state index in [4.69, 9.17) is 14.2 Å². The molecule has 0 unspecified atom stereocenters. The average Bonchev–Trinajstić information content (AvgIpc) is 2.48. The molecule has 0 radical (unpaired) electrons. The second-order valence-corrected chi connectivity index (χ2v) is 6.84. The summed E-state index contributed by atoms with van der Waals surface area (Å²) in [6, 6.07) is -0.0516. The summed E-state index contributed by atoms with van der Waals surface area (Å²) in [6.07, 6.45) is 1.83. The molecule has 0 bridgehead atoms. The van der Waals surface area contributed by atoms with Gasteiger partial charge in [-0.15, -0.1) is 0 Å². The zero-order valence-corrected chi connectivity index (χ0v) is 15.8. The fourth-order valence-corrected chi connectivity index (χ4v) is 2.61. The molecule has 1 fully saturated rings. The summed E-state index contributed by atoms with van der Waals surface area (Å²) in [4.78, 5) is 36.0. The molecule has 0 spiro atoms. The number of hydrogen-bond donors (Lipinski definition) is 1. The Hall–Kier alpha value is -2.05. The maximum Gasteiger partial charge on any atom is 0.407 e. The van der Waals surface area contributed by atoms with Crippen LogP contribution in [0.4, 0.5) is 4.79 Å². The lowest BCUT2D eigenvalue weighted by atomic mass is 9.87. The van der Waals surface area contributed by atoms with Crippen LogP contribution >= 0.6 is 0 Å². The molecule has 0 saturated heterocycles. The third-order valence-electron chi connectivity index (χ3n) is 3.62. The lowest BCUT2D eigenvalue weighted by Crippen LogP contribution is -2.40. The van der Waals surface area contributed by atoms with Crippen LogP contribution in [0.15, 0.2) is 11.1 Å². The Morgan fingerprint density at radius 1 is 1.00 bits per heavy atom. The normalized spacial score (nSPS) is 17.5. The molecule has 7 heteroatoms. The zero-order chi connectivity index (χ0) is 19.0. The molecule has 0 aliphatic heterocycles. The van der Waals surface area contributed by atoms with Crippen LogP contribution in [0.3, 0.4) is 0 Å². The molecule has 0 aromatic rings. The second kappa shape index (κ2) is 9.44. The van der Waals surface area contributed by atoms with Crippen LogP contribution in [0.2, 0.25) is 0 Å². The Morgan fingerprint density at radius 3 is 1.88 bits per heavy atom. The van der Waals surface area contributed by atoms with Crippen molar-refractivity contribution in [3.8, 4) is 0 Å². The van der Waals surface area contributed by atoms with E-state index in [1.807, 2.05) is 0 Å². The molecule has 1 aliphatic rings. The number of amides is 1. The minimum atomic E-state index is -0.644. The van der Waals surface area contributed by atoms with Gasteiger partial charge in [-0.05, 0) is 65.9 Å². The summed E-state index contributed by atoms with van der Waals surface area (Å²) in [7, 11) is 0. The molecule has 1 saturated carbocycles. The van der Waals surface area contributed by atoms with E-state index in [9.17, 15) is 14.4 Å². The van der Waals surface area contributed by atoms with Gasteiger partial charge in [-0.2, -0.15) is 0 Å². The van der Waals surface area contributed by atoms with E-state index in [-0.39, 0.29) is 24.8 Å². The highest BCUT2D eigenvalue weighted by molar-refractivity contribution is 6.14. The van der Waals surface area contributed by atoms with Gasteiger partial charge in [-0.25, -0.2) is 14.4 Å². The van der Waals surface area contributed by atoms with Crippen molar-refractivity contribution >= 4 is 18.0 Å². The van der Waals surface area contributed by atoms with E-state index in [1.54, 1.807) is 34.6 Å². The van der Waals surface area contributed by atoms with E-state index >= 15 is 0 Å². The quantitative estimate of drug-likeness (QED) is 0.268. The van der Waals surface area contributed by atoms with Crippen LogP contribution in [-0.2, 0) is 23.8 Å². The molecule has 1 aliphatic carbocycles. The first kappa shape index (κ1) is 21.0. The number of ether oxygens (including phenoxy) is 3. The van der Waals surface area contributed by atoms with Crippen LogP contribution < -0.4 is 5.32 Å². The Kier molecular flexibility index (Phi) is 7.93. The first-order valence-electron chi connectivity index (χ1n) is 8.73. The third-order valence-corrected chi connectivity index (χ3v) is 3.62. The lowest BCUT2D eigenvalue weighted by molar-refractivity contribution is -0.146. The Bertz CT molecular complexity index is 502. The molecule has 0 heterocycles. The fourth-order valence-electron chi connectivity index (χ4n) is 2.61. The highest BCUT2D eigenvalue weighted by atomic mass is 16.6. The van der Waals surface area contributed by atoms with Crippen molar-refractivity contribution in [3.63, 3.8) is 0 Å². The Labute approximate surface area is 149 Å². The fraction of sp³-hybridized carbons (Fsp3) is 0.722. The highest BCUT2D eigenvalue weighted by Gasteiger charge is 2.29. The molecule has 1 amide bonds. The minimum absolute atomic E-state index is 0.000539. The molecule has 0 atom stereocenters. The van der Waals surface area contributed by atoms with Crippen molar-refractivity contribution in [2.75, 3.05) is 13.2 Å². The molecular weight excluding hydrogens is 326 g/mol. The number of rotatable bonds is 5. The monoisotopic (exact) mass is 355 g/mol. The maximum atomic E-state index is 12.1. The van der Waals surface area contributed by atoms with Gasteiger partial charge in [-0.1, -0.05) is 0 Å². The number of allylic oxidation sites excluding steroid dienone is 1. The third kappa shape index (κ3) is 7.15. The van der Waals surface area contributed by atoms with Crippen LogP contribution in [0, 0.1) is 0 Å². The van der Waals surface area contributed by atoms with E-state index < -0.39 is 23.6 Å². The van der Waals surface area contributed by atoms with Crippen LogP contribution in [-0.4, -0.2) is 42.9 Å². The van der Waals surface area contributed by atoms with Gasteiger partial charge < -0.3 is 19.5 Å². The summed E-state index contributed by atoms with van der Waals surface area (Å²) >= 11 is 0. The largest absolute Gasteiger partial charge is 0.462 e. The van der Waals surface area contributed by atoms with E-state index in [0.717, 1.165) is 5.57 Å². The first-order chi connectivity index (χ1) is 11.7. The molecular formula is C18H29NO6. The van der Waals surface area contributed by atoms with Crippen molar-refractivity contribution in [3.05, 3.63) is 11.1 Å². The van der Waals surface area contributed by atoms with Gasteiger partial charge in [0.05, 0.1) is 13.2 Å². The van der Waals surface area contributed by atoms with Gasteiger partial charge in [0, 0.05) is 6.04 Å². The van der Waals surface area contributed by atoms with Crippen molar-refractivity contribution < 1.29 is 28.6 Å². The molecule has 1 rings (SSSR count). The standard InChI is InChI=1S/C18H29NO6/c1-6-23-15(20)14(16(21)24-7-2)12-8-10-13(11-9-12)19-17(22)25-18(3,4)5/h13H,6-11H2,1-5H3,(H,19,22). The lowest BCUT2D eigenvalue weighted by Gasteiger charge is -2.27. The molecule has 1 N–H and O–H groups in total. The number of esters is 2. The number of nitrogens with one attached hydrogen (secondary N) is 1. The van der Waals surface area contributed by atoms with Crippen molar-refractivity contribution in [1.82, 2.24) is 5.32 Å². The van der Waals surface area contributed by atoms with Crippen molar-refractivity contribution in [2.45, 2.75) is 71.9 Å². The minimum Gasteiger partial charge on any atom is -0.462 e. The van der Waals surface area contributed by atoms with E-state index in [1.165, 1.54) is 0 Å². The summed E-state index contributed by atoms with van der Waals surface area (Å²) in [5, 5.41) is 2.83. The van der Waals surface area contributed by atoms with Crippen molar-refractivity contribution in [1.29, 1.82) is 0 Å². The molecule has 142 valence electrons. The summed E-state index contributed by atoms with van der Waals surface area (Å²) in [5.41, 5.74) is 0.170. The number of hydrogen-bond acceptors (Lipinski definition) is 6. The van der Waals surface area contributed by atoms with E-state index in [0.29, 0.717) is 25.7 Å². The van der Waals surface area contributed by atoms with Gasteiger partial charge in [-0.3, -0.25) is 0 Å². The predicted molar refractivity (Wildman–Crippen MR) is 91.9 cm³/mol. The molecule has 25 heavy (non-hydrogen) atoms. The highest BCUT2D eigenvalue weighted by Crippen LogP contribution is 2.28. The number of carbonyl (C=O) groups is 3. The smallest absolute Gasteiger partial charge is 0.407 e. The SMILES string of the molecule is CCOC(=O)C(C(=O)OCC)=C1CCC(NC(=O)OC(C)(C)C)CC1. The molecule has 7 nitrogen and oxygen atoms in total. The van der Waals surface area contributed by atoms with Gasteiger partial charge in [0.15, 0.2) is 0 Å². The Balaban J connectivity index is 2.74. The predicted octanol–water partition coefficient (Wildman–Crippen LogP) is 2.88. The second-order valence-electron chi connectivity index (χ2n) is 6.84. The summed E-state index contributed by atoms with van der Waals surface area (Å²) in [6.45, 7) is 9.17. The molecule has 0 aromatic heterocycles. The summed E-state index contributed by atoms with van der Waals surface area (Å²) < 4.78 is 15.2. The first-order valence-corrected chi connectivity index (χ1v) is 8.73. The van der Waals surface area contributed by atoms with Gasteiger partial charge in [0.2, 0.25) is 0 Å². The maximum absolute atomic E-state index is 12.1. The number of carbonyl (C=O) groups excluding carboxylic acids is 3. The van der Waals surface area contributed by atoms with Crippen LogP contribution in [0.25, 0.3) is 0 Å². The van der Waals surface area contributed by atoms with Crippen LogP contribution in [0.1, 0.15) is 60.3 Å². The average molecular weight is 355 g/mol. The zero-order valence-electron chi connectivity index (χ0n) is 15.8. The van der Waals surface area contributed by atoms with Crippen LogP contribution in [0.5, 0.6) is 0 Å².